The van der Waals surface area contributed by atoms with E-state index in [0.717, 1.165) is 6.42 Å². The van der Waals surface area contributed by atoms with E-state index in [1.54, 1.807) is 18.2 Å². The molecular formula is C23H22FN5O4. The molecular weight excluding hydrogens is 429 g/mol. The molecule has 0 radical (unpaired) electrons. The summed E-state index contributed by atoms with van der Waals surface area (Å²) in [7, 11) is 0. The summed E-state index contributed by atoms with van der Waals surface area (Å²) in [5.41, 5.74) is 5.96. The first-order valence-electron chi connectivity index (χ1n) is 10.4. The lowest BCUT2D eigenvalue weighted by Gasteiger charge is -2.13. The zero-order chi connectivity index (χ0) is 23.5. The van der Waals surface area contributed by atoms with Crippen molar-refractivity contribution < 1.29 is 18.7 Å². The molecule has 0 atom stereocenters. The van der Waals surface area contributed by atoms with Gasteiger partial charge in [-0.1, -0.05) is 6.92 Å². The Morgan fingerprint density at radius 2 is 1.85 bits per heavy atom. The molecule has 2 aromatic heterocycles. The van der Waals surface area contributed by atoms with E-state index < -0.39 is 17.4 Å². The number of aromatic amines is 1. The maximum Gasteiger partial charge on any atom is 0.332 e. The summed E-state index contributed by atoms with van der Waals surface area (Å²) >= 11 is 0. The monoisotopic (exact) mass is 451 g/mol. The largest absolute Gasteiger partial charge is 0.490 e. The Morgan fingerprint density at radius 3 is 2.52 bits per heavy atom. The Hall–Kier alpha value is -4.21. The molecule has 3 N–H and O–H groups in total. The van der Waals surface area contributed by atoms with Crippen LogP contribution in [-0.2, 0) is 0 Å². The summed E-state index contributed by atoms with van der Waals surface area (Å²) in [6, 6.07) is 10.5. The van der Waals surface area contributed by atoms with Crippen LogP contribution in [0.3, 0.4) is 0 Å². The fourth-order valence-corrected chi connectivity index (χ4v) is 3.37. The third-order valence-corrected chi connectivity index (χ3v) is 4.82. The van der Waals surface area contributed by atoms with Crippen LogP contribution in [0.5, 0.6) is 11.5 Å². The molecule has 33 heavy (non-hydrogen) atoms. The van der Waals surface area contributed by atoms with Gasteiger partial charge in [-0.25, -0.2) is 23.7 Å². The van der Waals surface area contributed by atoms with Crippen molar-refractivity contribution >= 4 is 17.1 Å². The third-order valence-electron chi connectivity index (χ3n) is 4.82. The molecule has 170 valence electrons. The summed E-state index contributed by atoms with van der Waals surface area (Å²) < 4.78 is 26.1. The van der Waals surface area contributed by atoms with Gasteiger partial charge < -0.3 is 20.2 Å². The predicted molar refractivity (Wildman–Crippen MR) is 120 cm³/mol. The fraction of sp³-hybridized carbons (Fsp3) is 0.217. The minimum absolute atomic E-state index is 0.0912. The van der Waals surface area contributed by atoms with E-state index >= 15 is 0 Å². The first kappa shape index (κ1) is 22.0. The molecule has 0 fully saturated rings. The SMILES string of the molecule is CCCOc1ccc(-c2nc(C(N)=O)c3[nH]c(=O)n(-c4ccc(F)cc4)c3n2)cc1OCC. The van der Waals surface area contributed by atoms with E-state index in [1.807, 2.05) is 13.8 Å². The van der Waals surface area contributed by atoms with Crippen LogP contribution in [0.15, 0.2) is 47.3 Å². The number of H-pyrrole nitrogens is 1. The highest BCUT2D eigenvalue weighted by Crippen LogP contribution is 2.32. The van der Waals surface area contributed by atoms with Crippen LogP contribution in [0.25, 0.3) is 28.2 Å². The van der Waals surface area contributed by atoms with Gasteiger partial charge in [-0.3, -0.25) is 4.79 Å². The molecule has 9 nitrogen and oxygen atoms in total. The van der Waals surface area contributed by atoms with Crippen LogP contribution in [0.1, 0.15) is 30.8 Å². The molecule has 4 aromatic rings. The van der Waals surface area contributed by atoms with Gasteiger partial charge in [0.1, 0.15) is 11.3 Å². The Kier molecular flexibility index (Phi) is 6.07. The van der Waals surface area contributed by atoms with Gasteiger partial charge in [-0.05, 0) is 55.8 Å². The van der Waals surface area contributed by atoms with E-state index in [0.29, 0.717) is 36.0 Å². The zero-order valence-electron chi connectivity index (χ0n) is 18.1. The van der Waals surface area contributed by atoms with Crippen LogP contribution in [0, 0.1) is 5.82 Å². The molecule has 0 aliphatic rings. The molecule has 2 aromatic carbocycles. The number of fused-ring (bicyclic) bond motifs is 1. The third kappa shape index (κ3) is 4.27. The number of aromatic nitrogens is 4. The standard InChI is InChI=1S/C23H22FN5O4/c1-3-11-33-16-10-5-13(12-17(16)32-4-2)21-26-18(20(25)30)19-22(28-21)29(23(31)27-19)15-8-6-14(24)7-9-15/h5-10,12H,3-4,11H2,1-2H3,(H2,25,30)(H,27,31). The van der Waals surface area contributed by atoms with Gasteiger partial charge in [0.05, 0.1) is 18.9 Å². The van der Waals surface area contributed by atoms with Crippen molar-refractivity contribution in [3.8, 4) is 28.6 Å². The first-order valence-corrected chi connectivity index (χ1v) is 10.4. The fourth-order valence-electron chi connectivity index (χ4n) is 3.37. The van der Waals surface area contributed by atoms with Crippen molar-refractivity contribution in [2.75, 3.05) is 13.2 Å². The molecule has 0 aliphatic carbocycles. The zero-order valence-corrected chi connectivity index (χ0v) is 18.1. The van der Waals surface area contributed by atoms with Gasteiger partial charge in [-0.2, -0.15) is 0 Å². The van der Waals surface area contributed by atoms with Gasteiger partial charge in [0.25, 0.3) is 5.91 Å². The minimum Gasteiger partial charge on any atom is -0.490 e. The van der Waals surface area contributed by atoms with Crippen LogP contribution >= 0.6 is 0 Å². The molecule has 0 saturated heterocycles. The number of nitrogens with two attached hydrogens (primary N) is 1. The molecule has 0 spiro atoms. The highest BCUT2D eigenvalue weighted by Gasteiger charge is 2.21. The smallest absolute Gasteiger partial charge is 0.332 e. The van der Waals surface area contributed by atoms with Crippen LogP contribution in [0.4, 0.5) is 4.39 Å². The molecule has 0 bridgehead atoms. The molecule has 1 amide bonds. The number of imidazole rings is 1. The van der Waals surface area contributed by atoms with E-state index in [1.165, 1.54) is 28.8 Å². The number of ether oxygens (including phenoxy) is 2. The lowest BCUT2D eigenvalue weighted by Crippen LogP contribution is -2.15. The summed E-state index contributed by atoms with van der Waals surface area (Å²) in [4.78, 5) is 36.2. The summed E-state index contributed by atoms with van der Waals surface area (Å²) in [6.07, 6.45) is 0.837. The predicted octanol–water partition coefficient (Wildman–Crippen LogP) is 3.20. The second kappa shape index (κ2) is 9.11. The average Bonchev–Trinajstić information content (AvgIpc) is 3.13. The molecule has 4 rings (SSSR count). The van der Waals surface area contributed by atoms with E-state index in [-0.39, 0.29) is 22.7 Å². The van der Waals surface area contributed by atoms with Crippen molar-refractivity contribution in [2.45, 2.75) is 20.3 Å². The molecule has 10 heteroatoms. The Balaban J connectivity index is 1.92. The van der Waals surface area contributed by atoms with E-state index in [4.69, 9.17) is 15.2 Å². The number of primary amides is 1. The summed E-state index contributed by atoms with van der Waals surface area (Å²) in [5.74, 6) is -0.0480. The molecule has 2 heterocycles. The van der Waals surface area contributed by atoms with E-state index in [9.17, 15) is 14.0 Å². The first-order chi connectivity index (χ1) is 15.9. The number of hydrogen-bond acceptors (Lipinski definition) is 6. The number of rotatable bonds is 8. The lowest BCUT2D eigenvalue weighted by molar-refractivity contribution is 0.0997. The second-order valence-electron chi connectivity index (χ2n) is 7.14. The van der Waals surface area contributed by atoms with Crippen LogP contribution < -0.4 is 20.9 Å². The number of carbonyl (C=O) groups excluding carboxylic acids is 1. The van der Waals surface area contributed by atoms with Crippen molar-refractivity contribution in [1.29, 1.82) is 0 Å². The van der Waals surface area contributed by atoms with Crippen molar-refractivity contribution in [3.63, 3.8) is 0 Å². The molecule has 0 unspecified atom stereocenters. The number of carbonyl (C=O) groups is 1. The normalized spacial score (nSPS) is 11.0. The Bertz CT molecular complexity index is 1380. The highest BCUT2D eigenvalue weighted by molar-refractivity contribution is 6.02. The number of amides is 1. The maximum atomic E-state index is 13.4. The number of halogens is 1. The average molecular weight is 451 g/mol. The number of hydrogen-bond donors (Lipinski definition) is 2. The summed E-state index contributed by atoms with van der Waals surface area (Å²) in [6.45, 7) is 4.80. The molecule has 0 aliphatic heterocycles. The van der Waals surface area contributed by atoms with Gasteiger partial charge in [0.15, 0.2) is 28.7 Å². The second-order valence-corrected chi connectivity index (χ2v) is 7.14. The number of nitrogens with one attached hydrogen (secondary N) is 1. The van der Waals surface area contributed by atoms with Gasteiger partial charge in [0, 0.05) is 5.56 Å². The van der Waals surface area contributed by atoms with Gasteiger partial charge in [0.2, 0.25) is 0 Å². The minimum atomic E-state index is -0.830. The van der Waals surface area contributed by atoms with Crippen LogP contribution in [0.2, 0.25) is 0 Å². The van der Waals surface area contributed by atoms with Crippen molar-refractivity contribution in [3.05, 3.63) is 64.5 Å². The van der Waals surface area contributed by atoms with Crippen LogP contribution in [-0.4, -0.2) is 38.6 Å². The van der Waals surface area contributed by atoms with Crippen molar-refractivity contribution in [1.82, 2.24) is 19.5 Å². The topological polar surface area (TPSA) is 125 Å². The van der Waals surface area contributed by atoms with Gasteiger partial charge >= 0.3 is 5.69 Å². The van der Waals surface area contributed by atoms with Gasteiger partial charge in [-0.15, -0.1) is 0 Å². The van der Waals surface area contributed by atoms with Crippen molar-refractivity contribution in [2.24, 2.45) is 5.73 Å². The lowest BCUT2D eigenvalue weighted by atomic mass is 10.1. The quantitative estimate of drug-likeness (QED) is 0.424. The van der Waals surface area contributed by atoms with E-state index in [2.05, 4.69) is 15.0 Å². The Labute approximate surface area is 188 Å². The molecule has 0 saturated carbocycles. The number of nitrogens with zero attached hydrogens (tertiary/aromatic N) is 3. The Morgan fingerprint density at radius 1 is 1.09 bits per heavy atom. The highest BCUT2D eigenvalue weighted by atomic mass is 19.1. The summed E-state index contributed by atoms with van der Waals surface area (Å²) in [5, 5.41) is 0. The number of benzene rings is 2. The maximum absolute atomic E-state index is 13.4.